The normalized spacial score (nSPS) is 7.78. The van der Waals surface area contributed by atoms with Crippen LogP contribution in [0.4, 0.5) is 0 Å². The van der Waals surface area contributed by atoms with E-state index in [1.165, 1.54) is 0 Å². The summed E-state index contributed by atoms with van der Waals surface area (Å²) in [5, 5.41) is 8.13. The van der Waals surface area contributed by atoms with E-state index < -0.39 is 5.97 Å². The van der Waals surface area contributed by atoms with Crippen LogP contribution >= 0.6 is 0 Å². The summed E-state index contributed by atoms with van der Waals surface area (Å²) in [4.78, 5) is 9.89. The van der Waals surface area contributed by atoms with Crippen molar-refractivity contribution < 1.29 is 9.90 Å². The SMILES string of the molecule is CCC(C)=C=CC(=O)O. The van der Waals surface area contributed by atoms with Crippen LogP contribution in [0.1, 0.15) is 20.3 Å². The lowest BCUT2D eigenvalue weighted by molar-refractivity contribution is -0.131. The molecule has 2 nitrogen and oxygen atoms in total. The highest BCUT2D eigenvalue weighted by Gasteiger charge is 1.82. The molecule has 0 aliphatic carbocycles. The van der Waals surface area contributed by atoms with E-state index in [2.05, 4.69) is 5.73 Å². The zero-order chi connectivity index (χ0) is 7.28. The monoisotopic (exact) mass is 126 g/mol. The molecule has 0 bridgehead atoms. The average molecular weight is 126 g/mol. The Morgan fingerprint density at radius 3 is 2.67 bits per heavy atom. The van der Waals surface area contributed by atoms with Gasteiger partial charge in [0.15, 0.2) is 0 Å². The van der Waals surface area contributed by atoms with Crippen LogP contribution in [0.5, 0.6) is 0 Å². The molecule has 1 N–H and O–H groups in total. The zero-order valence-corrected chi connectivity index (χ0v) is 5.64. The molecule has 0 heterocycles. The molecule has 0 aromatic carbocycles. The van der Waals surface area contributed by atoms with Gasteiger partial charge in [0.25, 0.3) is 0 Å². The van der Waals surface area contributed by atoms with E-state index in [9.17, 15) is 4.79 Å². The fourth-order valence-electron chi connectivity index (χ4n) is 0.287. The van der Waals surface area contributed by atoms with Gasteiger partial charge < -0.3 is 5.11 Å². The first-order valence-corrected chi connectivity index (χ1v) is 2.82. The molecule has 0 saturated heterocycles. The Balaban J connectivity index is 4.08. The number of hydrogen-bond donors (Lipinski definition) is 1. The van der Waals surface area contributed by atoms with Gasteiger partial charge in [-0.05, 0) is 18.9 Å². The van der Waals surface area contributed by atoms with Gasteiger partial charge in [-0.25, -0.2) is 4.79 Å². The summed E-state index contributed by atoms with van der Waals surface area (Å²) in [5.74, 6) is -0.942. The average Bonchev–Trinajstić information content (AvgIpc) is 1.83. The second-order valence-corrected chi connectivity index (χ2v) is 1.76. The van der Waals surface area contributed by atoms with Crippen molar-refractivity contribution in [2.24, 2.45) is 0 Å². The molecule has 0 spiro atoms. The first-order valence-electron chi connectivity index (χ1n) is 2.82. The number of aliphatic carboxylic acids is 1. The minimum atomic E-state index is -0.942. The van der Waals surface area contributed by atoms with Gasteiger partial charge in [0, 0.05) is 0 Å². The summed E-state index contributed by atoms with van der Waals surface area (Å²) >= 11 is 0. The molecule has 0 aromatic rings. The fourth-order valence-corrected chi connectivity index (χ4v) is 0.287. The Kier molecular flexibility index (Phi) is 3.49. The number of rotatable bonds is 2. The first kappa shape index (κ1) is 7.99. The number of carboxylic acids is 1. The van der Waals surface area contributed by atoms with Crippen molar-refractivity contribution in [1.82, 2.24) is 0 Å². The predicted molar refractivity (Wildman–Crippen MR) is 35.2 cm³/mol. The molecule has 0 fully saturated rings. The van der Waals surface area contributed by atoms with Crippen LogP contribution in [0.2, 0.25) is 0 Å². The van der Waals surface area contributed by atoms with Crippen molar-refractivity contribution in [3.63, 3.8) is 0 Å². The van der Waals surface area contributed by atoms with Crippen LogP contribution in [0, 0.1) is 0 Å². The van der Waals surface area contributed by atoms with Gasteiger partial charge >= 0.3 is 5.97 Å². The van der Waals surface area contributed by atoms with Crippen LogP contribution in [0.3, 0.4) is 0 Å². The van der Waals surface area contributed by atoms with Gasteiger partial charge in [0.2, 0.25) is 0 Å². The highest BCUT2D eigenvalue weighted by atomic mass is 16.4. The molecule has 0 unspecified atom stereocenters. The van der Waals surface area contributed by atoms with Crippen molar-refractivity contribution in [3.05, 3.63) is 17.4 Å². The van der Waals surface area contributed by atoms with Crippen molar-refractivity contribution in [1.29, 1.82) is 0 Å². The molecule has 0 atom stereocenters. The van der Waals surface area contributed by atoms with Gasteiger partial charge in [0.05, 0.1) is 6.08 Å². The summed E-state index contributed by atoms with van der Waals surface area (Å²) in [5.41, 5.74) is 3.58. The summed E-state index contributed by atoms with van der Waals surface area (Å²) < 4.78 is 0. The minimum Gasteiger partial charge on any atom is -0.478 e. The fraction of sp³-hybridized carbons (Fsp3) is 0.429. The summed E-state index contributed by atoms with van der Waals surface area (Å²) in [6.45, 7) is 3.80. The third-order valence-corrected chi connectivity index (χ3v) is 0.972. The van der Waals surface area contributed by atoms with Crippen LogP contribution in [0.25, 0.3) is 0 Å². The van der Waals surface area contributed by atoms with E-state index in [1.54, 1.807) is 0 Å². The molecule has 0 radical (unpaired) electrons. The standard InChI is InChI=1S/C7H10O2/c1-3-6(2)4-5-7(8)9/h5H,3H2,1-2H3,(H,8,9). The minimum absolute atomic E-state index is 0.851. The largest absolute Gasteiger partial charge is 0.478 e. The Morgan fingerprint density at radius 2 is 2.33 bits per heavy atom. The third kappa shape index (κ3) is 4.85. The van der Waals surface area contributed by atoms with E-state index in [4.69, 9.17) is 5.11 Å². The summed E-state index contributed by atoms with van der Waals surface area (Å²) in [7, 11) is 0. The Hall–Kier alpha value is -1.01. The van der Waals surface area contributed by atoms with Crippen molar-refractivity contribution >= 4 is 5.97 Å². The lowest BCUT2D eigenvalue weighted by Gasteiger charge is -1.82. The van der Waals surface area contributed by atoms with Crippen LogP contribution in [-0.2, 0) is 4.79 Å². The summed E-state index contributed by atoms with van der Waals surface area (Å²) in [6, 6.07) is 0. The van der Waals surface area contributed by atoms with Crippen molar-refractivity contribution in [2.75, 3.05) is 0 Å². The molecule has 0 aromatic heterocycles. The molecule has 0 saturated carbocycles. The van der Waals surface area contributed by atoms with E-state index >= 15 is 0 Å². The molecular weight excluding hydrogens is 116 g/mol. The van der Waals surface area contributed by atoms with Crippen LogP contribution < -0.4 is 0 Å². The molecule has 0 amide bonds. The van der Waals surface area contributed by atoms with E-state index in [1.807, 2.05) is 13.8 Å². The Morgan fingerprint density at radius 1 is 1.78 bits per heavy atom. The van der Waals surface area contributed by atoms with Crippen LogP contribution in [0.15, 0.2) is 17.4 Å². The Labute approximate surface area is 54.5 Å². The molecule has 50 valence electrons. The van der Waals surface area contributed by atoms with E-state index in [0.29, 0.717) is 0 Å². The van der Waals surface area contributed by atoms with Gasteiger partial charge in [-0.3, -0.25) is 0 Å². The second kappa shape index (κ2) is 3.93. The van der Waals surface area contributed by atoms with Crippen molar-refractivity contribution in [2.45, 2.75) is 20.3 Å². The quantitative estimate of drug-likeness (QED) is 0.450. The van der Waals surface area contributed by atoms with Crippen molar-refractivity contribution in [3.8, 4) is 0 Å². The molecule has 9 heavy (non-hydrogen) atoms. The predicted octanol–water partition coefficient (Wildman–Crippen LogP) is 1.58. The van der Waals surface area contributed by atoms with Gasteiger partial charge in [-0.15, -0.1) is 5.73 Å². The lowest BCUT2D eigenvalue weighted by atomic mass is 10.2. The molecule has 0 aliphatic heterocycles. The zero-order valence-electron chi connectivity index (χ0n) is 5.64. The topological polar surface area (TPSA) is 37.3 Å². The smallest absolute Gasteiger partial charge is 0.336 e. The third-order valence-electron chi connectivity index (χ3n) is 0.972. The van der Waals surface area contributed by atoms with Gasteiger partial charge in [0.1, 0.15) is 0 Å². The van der Waals surface area contributed by atoms with Gasteiger partial charge in [-0.2, -0.15) is 0 Å². The lowest BCUT2D eigenvalue weighted by Crippen LogP contribution is -1.84. The second-order valence-electron chi connectivity index (χ2n) is 1.76. The van der Waals surface area contributed by atoms with Gasteiger partial charge in [-0.1, -0.05) is 6.92 Å². The number of carboxylic acid groups (broad SMARTS) is 1. The highest BCUT2D eigenvalue weighted by molar-refractivity contribution is 5.79. The van der Waals surface area contributed by atoms with E-state index in [-0.39, 0.29) is 0 Å². The first-order chi connectivity index (χ1) is 4.16. The highest BCUT2D eigenvalue weighted by Crippen LogP contribution is 1.93. The summed E-state index contributed by atoms with van der Waals surface area (Å²) in [6.07, 6.45) is 1.88. The molecule has 0 rings (SSSR count). The van der Waals surface area contributed by atoms with Crippen LogP contribution in [-0.4, -0.2) is 11.1 Å². The molecular formula is C7H10O2. The Bertz CT molecular complexity index is 162. The maximum Gasteiger partial charge on any atom is 0.336 e. The molecule has 0 aliphatic rings. The molecule has 2 heteroatoms. The van der Waals surface area contributed by atoms with E-state index in [0.717, 1.165) is 18.1 Å². The maximum absolute atomic E-state index is 9.89. The number of hydrogen-bond acceptors (Lipinski definition) is 1. The number of carbonyl (C=O) groups is 1. The maximum atomic E-state index is 9.89.